The molecule has 11 rings (SSSR count). The number of pyridine rings is 1. The third kappa shape index (κ3) is 39.7. The Kier molecular flexibility index (Phi) is 51.2. The predicted octanol–water partition coefficient (Wildman–Crippen LogP) is -2.17. The van der Waals surface area contributed by atoms with Crippen molar-refractivity contribution in [1.29, 1.82) is 0 Å². The van der Waals surface area contributed by atoms with E-state index in [1.54, 1.807) is 60.4 Å². The van der Waals surface area contributed by atoms with Crippen LogP contribution in [-0.2, 0) is 177 Å². The molecule has 52 heteroatoms. The molecule has 0 radical (unpaired) electrons. The monoisotopic (exact) mass is 2030 g/mol. The molecule has 7 fully saturated rings. The number of carbonyl (C=O) groups excluding carboxylic acids is 5. The van der Waals surface area contributed by atoms with Gasteiger partial charge in [0.1, 0.15) is 88.1 Å². The van der Waals surface area contributed by atoms with E-state index < -0.39 is 108 Å². The fraction of sp³-hybridized carbons (Fsp3) is 0.818. The second-order valence-corrected chi connectivity index (χ2v) is 37.0. The van der Waals surface area contributed by atoms with Gasteiger partial charge in [-0.2, -0.15) is 0 Å². The molecule has 1 unspecified atom stereocenters. The molecule has 15 atom stereocenters. The van der Waals surface area contributed by atoms with Gasteiger partial charge in [0, 0.05) is 58.0 Å². The lowest BCUT2D eigenvalue weighted by Gasteiger charge is -2.42. The number of nitrogens with zero attached hydrogens (tertiary/aromatic N) is 10. The van der Waals surface area contributed by atoms with Crippen LogP contribution < -0.4 is 26.6 Å². The molecule has 6 bridgehead atoms. The van der Waals surface area contributed by atoms with Crippen LogP contribution in [0.1, 0.15) is 114 Å². The normalized spacial score (nSPS) is 25.7. The Morgan fingerprint density at radius 3 is 1.46 bits per heavy atom. The van der Waals surface area contributed by atoms with Gasteiger partial charge < -0.3 is 171 Å². The van der Waals surface area contributed by atoms with Crippen LogP contribution in [0, 0.1) is 0 Å². The first-order chi connectivity index (χ1) is 68.2. The molecule has 11 heterocycles. The average molecular weight is 2040 g/mol. The maximum Gasteiger partial charge on any atom is 0.271 e. The Labute approximate surface area is 820 Å². The molecule has 140 heavy (non-hydrogen) atoms. The van der Waals surface area contributed by atoms with Gasteiger partial charge >= 0.3 is 0 Å². The van der Waals surface area contributed by atoms with Crippen molar-refractivity contribution in [1.82, 2.24) is 76.5 Å². The van der Waals surface area contributed by atoms with E-state index in [-0.39, 0.29) is 208 Å². The molecule has 0 spiro atoms. The van der Waals surface area contributed by atoms with Crippen LogP contribution in [-0.4, -0.2) is 436 Å². The van der Waals surface area contributed by atoms with Gasteiger partial charge in [-0.15, -0.1) is 15.3 Å². The smallest absolute Gasteiger partial charge is 0.271 e. The highest BCUT2D eigenvalue weighted by Gasteiger charge is 2.62. The summed E-state index contributed by atoms with van der Waals surface area (Å²) in [6, 6.07) is 3.73. The molecule has 50 nitrogen and oxygen atoms in total. The molecule has 0 aliphatic carbocycles. The summed E-state index contributed by atoms with van der Waals surface area (Å²) in [6.45, 7) is 9.13. The number of rotatable bonds is 78. The number of amides is 5. The summed E-state index contributed by atoms with van der Waals surface area (Å²) in [7, 11) is 3.42. The van der Waals surface area contributed by atoms with Crippen molar-refractivity contribution < 1.29 is 168 Å². The SMILES string of the molecule is CC(=O)N[C@H]1[C@@H]2OC[C@](COCCOCCOCCOCCn3cc(COCC(COCc4cn(CCOCCOCCOCCOC[C@]56CO[C@H](C[C@@H](O)[C@H]5O)O6)nn4)(COCc4cn(CCOCCOCCOCCO[C@@]56CO[C@@H](O5)[C@H](NC(C)=O)[C@@H](O)[C@H]6O)nn4)NC(=O)CCCCCNC(=O)CCCCCOC4OCC(NC(=O)CCCCCSSc5ccccn5)CO4)nn3)(O2)[C@H](O)[C@@H]1O. The van der Waals surface area contributed by atoms with Crippen LogP contribution in [0.2, 0.25) is 0 Å². The predicted molar refractivity (Wildman–Crippen MR) is 486 cm³/mol. The molecule has 4 aromatic heterocycles. The van der Waals surface area contributed by atoms with E-state index in [4.69, 9.17) is 114 Å². The number of carbonyl (C=O) groups is 5. The minimum absolute atomic E-state index is 0.0197. The highest BCUT2D eigenvalue weighted by molar-refractivity contribution is 8.76. The molecular weight excluding hydrogens is 1890 g/mol. The van der Waals surface area contributed by atoms with Crippen molar-refractivity contribution in [2.24, 2.45) is 0 Å². The van der Waals surface area contributed by atoms with Crippen molar-refractivity contribution >= 4 is 51.1 Å². The molecule has 0 aromatic carbocycles. The summed E-state index contributed by atoms with van der Waals surface area (Å²) in [5, 5.41) is 105. The first kappa shape index (κ1) is 114. The third-order valence-corrected chi connectivity index (χ3v) is 25.4. The number of aliphatic hydroxyl groups is 6. The second-order valence-electron chi connectivity index (χ2n) is 34.6. The zero-order valence-corrected chi connectivity index (χ0v) is 81.5. The quantitative estimate of drug-likeness (QED) is 0.0165. The Hall–Kier alpha value is -6.58. The van der Waals surface area contributed by atoms with E-state index in [1.165, 1.54) is 13.8 Å². The van der Waals surface area contributed by atoms with E-state index >= 15 is 0 Å². The number of unbranched alkanes of at least 4 members (excludes halogenated alkanes) is 6. The lowest BCUT2D eigenvalue weighted by molar-refractivity contribution is -0.320. The lowest BCUT2D eigenvalue weighted by atomic mass is 9.88. The molecule has 7 aliphatic heterocycles. The summed E-state index contributed by atoms with van der Waals surface area (Å²) < 4.78 is 144. The fourth-order valence-corrected chi connectivity index (χ4v) is 17.8. The van der Waals surface area contributed by atoms with E-state index in [9.17, 15) is 54.6 Å². The van der Waals surface area contributed by atoms with Gasteiger partial charge in [-0.1, -0.05) is 51.8 Å². The summed E-state index contributed by atoms with van der Waals surface area (Å²) in [5.74, 6) is -1.84. The van der Waals surface area contributed by atoms with Crippen LogP contribution in [0.25, 0.3) is 0 Å². The van der Waals surface area contributed by atoms with Gasteiger partial charge in [-0.05, 0) is 61.5 Å². The molecule has 5 amide bonds. The van der Waals surface area contributed by atoms with Crippen molar-refractivity contribution in [3.8, 4) is 0 Å². The van der Waals surface area contributed by atoms with Crippen molar-refractivity contribution in [3.05, 3.63) is 60.1 Å². The average Bonchev–Trinajstić information content (AvgIpc) is 1.59. The molecule has 0 saturated carbocycles. The van der Waals surface area contributed by atoms with Crippen molar-refractivity contribution in [2.75, 3.05) is 224 Å². The van der Waals surface area contributed by atoms with Gasteiger partial charge in [0.05, 0.1) is 275 Å². The number of hydrogen-bond donors (Lipinski definition) is 11. The van der Waals surface area contributed by atoms with Gasteiger partial charge in [-0.25, -0.2) is 19.0 Å². The van der Waals surface area contributed by atoms with Crippen LogP contribution in [0.15, 0.2) is 48.0 Å². The maximum atomic E-state index is 14.3. The van der Waals surface area contributed by atoms with E-state index in [1.807, 2.05) is 18.2 Å². The van der Waals surface area contributed by atoms with Crippen LogP contribution in [0.3, 0.4) is 0 Å². The van der Waals surface area contributed by atoms with E-state index in [0.29, 0.717) is 148 Å². The van der Waals surface area contributed by atoms with Gasteiger partial charge in [0.25, 0.3) is 6.48 Å². The molecule has 4 aromatic rings. The standard InChI is InChI=1S/C88H143N15O35S2/c1-63(104)91-75-77(110)80(113)87(61-133-82(75)137-87)59-125-42-40-122-36-34-119-31-28-116-25-21-102-48-66(96-99-102)51-127-56-85(55-126-50-65-47-101(98-95-65)20-24-115-27-30-118-33-35-121-39-41-124-58-86-60-132-74(136-86)46-69(106)79(86)112,57-128-52-67-49-103(100-97-67)22-26-117-29-32-120-37-38-123-43-44-135-88-62-134-83(138-88)76(92-64(2)105)78(111)81(88)114)94-72(109)16-6-3-10-18-89-70(107)14-7-4-12-23-129-84-130-53-68(54-131-84)93-71(108)15-8-5-13-45-139-140-73-17-9-11-19-90-73/h9,11,17,19,47-49,68-69,74-84,106,110-114H,3-8,10,12-16,18,20-46,50-62H2,1-2H3,(H,89,107)(H,91,104)(H,92,105)(H,93,108)(H,94,109)/t68?,69-,74+,75-,76-,77-,78-,79-,80-,81-,82-,83+,84?,85?,86+,87+,88+/m1/s1. The highest BCUT2D eigenvalue weighted by atomic mass is 33.1. The molecule has 7 saturated heterocycles. The van der Waals surface area contributed by atoms with Crippen molar-refractivity contribution in [3.63, 3.8) is 0 Å². The minimum atomic E-state index is -1.60. The number of aliphatic hydroxyl groups excluding tert-OH is 6. The van der Waals surface area contributed by atoms with Crippen LogP contribution in [0.4, 0.5) is 0 Å². The Balaban J connectivity index is 0.600. The molecule has 792 valence electrons. The zero-order valence-electron chi connectivity index (χ0n) is 79.8. The van der Waals surface area contributed by atoms with E-state index in [2.05, 4.69) is 62.5 Å². The summed E-state index contributed by atoms with van der Waals surface area (Å²) >= 11 is 0. The lowest BCUT2D eigenvalue weighted by Crippen LogP contribution is -2.66. The first-order valence-electron chi connectivity index (χ1n) is 48.0. The maximum absolute atomic E-state index is 14.3. The van der Waals surface area contributed by atoms with Crippen molar-refractivity contribution in [2.45, 2.75) is 244 Å². The number of nitrogens with one attached hydrogen (secondary N) is 5. The number of ether oxygens (including phenoxy) is 24. The van der Waals surface area contributed by atoms with E-state index in [0.717, 1.165) is 36.5 Å². The van der Waals surface area contributed by atoms with Gasteiger partial charge in [0.15, 0.2) is 18.9 Å². The molecule has 11 N–H and O–H groups in total. The molecular formula is C88H143N15O35S2. The topological polar surface area (TPSA) is 593 Å². The highest BCUT2D eigenvalue weighted by Crippen LogP contribution is 2.41. The van der Waals surface area contributed by atoms with Gasteiger partial charge in [0.2, 0.25) is 35.3 Å². The largest absolute Gasteiger partial charge is 0.390 e. The fourth-order valence-electron chi connectivity index (χ4n) is 15.7. The minimum Gasteiger partial charge on any atom is -0.390 e. The first-order valence-corrected chi connectivity index (χ1v) is 50.3. The summed E-state index contributed by atoms with van der Waals surface area (Å²) in [4.78, 5) is 67.5. The number of hydrogen-bond acceptors (Lipinski definition) is 44. The zero-order chi connectivity index (χ0) is 98.7. The second kappa shape index (κ2) is 63.1. The number of aromatic nitrogens is 10. The summed E-state index contributed by atoms with van der Waals surface area (Å²) in [6.07, 6.45) is 4.63. The van der Waals surface area contributed by atoms with Crippen LogP contribution >= 0.6 is 21.6 Å². The Bertz CT molecular complexity index is 4130. The Morgan fingerprint density at radius 1 is 0.464 bits per heavy atom. The van der Waals surface area contributed by atoms with Gasteiger partial charge in [-0.3, -0.25) is 24.0 Å². The molecule has 7 aliphatic rings. The van der Waals surface area contributed by atoms with Crippen LogP contribution in [0.5, 0.6) is 0 Å². The Morgan fingerprint density at radius 2 is 0.929 bits per heavy atom. The third-order valence-electron chi connectivity index (χ3n) is 23.1. The number of fused-ring (bicyclic) bond motifs is 6. The summed E-state index contributed by atoms with van der Waals surface area (Å²) in [5.41, 5.74) is -2.25.